The number of fused-ring (bicyclic) bond motifs is 2. The van der Waals surface area contributed by atoms with Crippen LogP contribution < -0.4 is 16.4 Å². The van der Waals surface area contributed by atoms with Gasteiger partial charge in [0.15, 0.2) is 5.60 Å². The SMILES string of the molecule is Cc1ccc(S(=O)(=O)N2C[C@@]3(O)Cn4c(=O)ccc(=O)n4C[C@@]3(OC(=O)NCc3ccccc3F)C2)cc1. The zero-order chi connectivity index (χ0) is 27.3. The Labute approximate surface area is 216 Å². The summed E-state index contributed by atoms with van der Waals surface area (Å²) in [5.74, 6) is -0.545. The van der Waals surface area contributed by atoms with Crippen molar-refractivity contribution in [3.8, 4) is 0 Å². The third-order valence-electron chi connectivity index (χ3n) is 7.03. The van der Waals surface area contributed by atoms with E-state index in [1.54, 1.807) is 25.1 Å². The predicted molar refractivity (Wildman–Crippen MR) is 132 cm³/mol. The Morgan fingerprint density at radius 2 is 1.61 bits per heavy atom. The number of aromatic nitrogens is 2. The monoisotopic (exact) mass is 544 g/mol. The molecule has 13 heteroatoms. The largest absolute Gasteiger partial charge is 0.436 e. The number of β-amino-alcohol motifs (C(OH)–C–C–N with tert-alkyl or cyclic N) is 1. The standard InChI is InChI=1S/C25H25FN4O7S/c1-17-6-8-19(9-7-17)38(35,36)28-13-24(34)14-29-21(31)10-11-22(32)30(29)16-25(24,15-28)37-23(33)27-12-18-4-2-3-5-20(18)26/h2-11,34H,12-16H2,1H3,(H,27,33)/t24-,25+/m1/s1. The maximum atomic E-state index is 14.0. The van der Waals surface area contributed by atoms with E-state index < -0.39 is 70.4 Å². The number of nitrogens with zero attached hydrogens (tertiary/aromatic N) is 3. The van der Waals surface area contributed by atoms with E-state index in [0.717, 1.165) is 31.4 Å². The van der Waals surface area contributed by atoms with Crippen molar-refractivity contribution in [1.82, 2.24) is 19.0 Å². The fraction of sp³-hybridized carbons (Fsp3) is 0.320. The lowest BCUT2D eigenvalue weighted by molar-refractivity contribution is -0.160. The number of aliphatic hydroxyl groups is 1. The molecule has 2 aromatic carbocycles. The van der Waals surface area contributed by atoms with Gasteiger partial charge in [-0.05, 0) is 25.1 Å². The van der Waals surface area contributed by atoms with Crippen molar-refractivity contribution in [2.45, 2.75) is 42.7 Å². The van der Waals surface area contributed by atoms with Crippen LogP contribution in [0.4, 0.5) is 9.18 Å². The average Bonchev–Trinajstić information content (AvgIpc) is 3.18. The number of halogens is 1. The van der Waals surface area contributed by atoms with Crippen molar-refractivity contribution in [3.05, 3.63) is 98.3 Å². The predicted octanol–water partition coefficient (Wildman–Crippen LogP) is 0.572. The first kappa shape index (κ1) is 25.8. The summed E-state index contributed by atoms with van der Waals surface area (Å²) in [6, 6.07) is 14.0. The number of carbonyl (C=O) groups is 1. The molecule has 3 aromatic rings. The van der Waals surface area contributed by atoms with Crippen LogP contribution in [-0.4, -0.2) is 57.6 Å². The van der Waals surface area contributed by atoms with Crippen molar-refractivity contribution in [1.29, 1.82) is 0 Å². The summed E-state index contributed by atoms with van der Waals surface area (Å²) in [5.41, 5.74) is -4.14. The number of hydrogen-bond donors (Lipinski definition) is 2. The smallest absolute Gasteiger partial charge is 0.408 e. The molecule has 38 heavy (non-hydrogen) atoms. The van der Waals surface area contributed by atoms with Gasteiger partial charge in [0, 0.05) is 30.8 Å². The number of amides is 1. The summed E-state index contributed by atoms with van der Waals surface area (Å²) in [6.07, 6.45) is -1.05. The molecule has 0 aliphatic carbocycles. The molecule has 0 unspecified atom stereocenters. The number of rotatable bonds is 5. The molecule has 2 aliphatic rings. The molecule has 2 aliphatic heterocycles. The Kier molecular flexibility index (Phi) is 6.24. The molecule has 1 amide bonds. The minimum absolute atomic E-state index is 0.0312. The molecule has 0 saturated carbocycles. The Morgan fingerprint density at radius 1 is 0.974 bits per heavy atom. The highest BCUT2D eigenvalue weighted by atomic mass is 32.2. The quantitative estimate of drug-likeness (QED) is 0.479. The molecule has 11 nitrogen and oxygen atoms in total. The number of carbonyl (C=O) groups excluding carboxylic acids is 1. The molecule has 200 valence electrons. The van der Waals surface area contributed by atoms with Gasteiger partial charge in [0.05, 0.1) is 24.5 Å². The molecular formula is C25H25FN4O7S. The van der Waals surface area contributed by atoms with Crippen LogP contribution in [0.1, 0.15) is 11.1 Å². The maximum Gasteiger partial charge on any atom is 0.408 e. The van der Waals surface area contributed by atoms with Gasteiger partial charge < -0.3 is 15.2 Å². The van der Waals surface area contributed by atoms with Gasteiger partial charge in [-0.2, -0.15) is 4.31 Å². The molecule has 1 fully saturated rings. The first-order chi connectivity index (χ1) is 17.9. The fourth-order valence-corrected chi connectivity index (χ4v) is 6.44. The average molecular weight is 545 g/mol. The van der Waals surface area contributed by atoms with E-state index in [2.05, 4.69) is 5.32 Å². The lowest BCUT2D eigenvalue weighted by Gasteiger charge is -2.44. The molecule has 2 N–H and O–H groups in total. The van der Waals surface area contributed by atoms with Crippen molar-refractivity contribution in [2.24, 2.45) is 0 Å². The number of nitrogens with one attached hydrogen (secondary N) is 1. The number of ether oxygens (including phenoxy) is 1. The van der Waals surface area contributed by atoms with E-state index in [9.17, 15) is 32.3 Å². The molecule has 3 heterocycles. The van der Waals surface area contributed by atoms with Gasteiger partial charge in [-0.15, -0.1) is 0 Å². The first-order valence-corrected chi connectivity index (χ1v) is 13.2. The summed E-state index contributed by atoms with van der Waals surface area (Å²) in [6.45, 7) is -0.393. The molecule has 2 atom stereocenters. The van der Waals surface area contributed by atoms with Gasteiger partial charge in [0.1, 0.15) is 11.4 Å². The van der Waals surface area contributed by atoms with Gasteiger partial charge in [0.2, 0.25) is 10.0 Å². The van der Waals surface area contributed by atoms with Crippen molar-refractivity contribution >= 4 is 16.1 Å². The molecule has 0 bridgehead atoms. The third kappa shape index (κ3) is 4.31. The molecule has 1 aromatic heterocycles. The van der Waals surface area contributed by atoms with Gasteiger partial charge in [-0.25, -0.2) is 27.0 Å². The maximum absolute atomic E-state index is 14.0. The normalized spacial score (nSPS) is 22.9. The van der Waals surface area contributed by atoms with Crippen LogP contribution in [0, 0.1) is 12.7 Å². The third-order valence-corrected chi connectivity index (χ3v) is 8.84. The van der Waals surface area contributed by atoms with Crippen molar-refractivity contribution < 1.29 is 27.4 Å². The Morgan fingerprint density at radius 3 is 2.26 bits per heavy atom. The highest BCUT2D eigenvalue weighted by molar-refractivity contribution is 7.89. The Bertz CT molecular complexity index is 1640. The van der Waals surface area contributed by atoms with Gasteiger partial charge in [-0.3, -0.25) is 9.59 Å². The second kappa shape index (κ2) is 9.19. The number of alkyl carbamates (subject to hydrolysis) is 1. The van der Waals surface area contributed by atoms with Gasteiger partial charge >= 0.3 is 6.09 Å². The van der Waals surface area contributed by atoms with Gasteiger partial charge in [-0.1, -0.05) is 35.9 Å². The summed E-state index contributed by atoms with van der Waals surface area (Å²) >= 11 is 0. The van der Waals surface area contributed by atoms with Crippen LogP contribution in [-0.2, 0) is 34.4 Å². The summed E-state index contributed by atoms with van der Waals surface area (Å²) in [7, 11) is -4.16. The second-order valence-electron chi connectivity index (χ2n) is 9.57. The fourth-order valence-electron chi connectivity index (χ4n) is 4.90. The number of benzene rings is 2. The molecule has 1 saturated heterocycles. The van der Waals surface area contributed by atoms with E-state index in [4.69, 9.17) is 4.74 Å². The van der Waals surface area contributed by atoms with Gasteiger partial charge in [0.25, 0.3) is 11.1 Å². The zero-order valence-electron chi connectivity index (χ0n) is 20.3. The number of hydrogen-bond acceptors (Lipinski definition) is 7. The highest BCUT2D eigenvalue weighted by Crippen LogP contribution is 2.42. The van der Waals surface area contributed by atoms with Crippen LogP contribution in [0.3, 0.4) is 0 Å². The van der Waals surface area contributed by atoms with E-state index in [-0.39, 0.29) is 17.0 Å². The zero-order valence-corrected chi connectivity index (χ0v) is 21.2. The second-order valence-corrected chi connectivity index (χ2v) is 11.5. The molecule has 0 radical (unpaired) electrons. The lowest BCUT2D eigenvalue weighted by atomic mass is 9.84. The summed E-state index contributed by atoms with van der Waals surface area (Å²) in [5, 5.41) is 14.2. The first-order valence-electron chi connectivity index (χ1n) is 11.7. The van der Waals surface area contributed by atoms with Crippen LogP contribution in [0.25, 0.3) is 0 Å². The van der Waals surface area contributed by atoms with Crippen molar-refractivity contribution in [3.63, 3.8) is 0 Å². The van der Waals surface area contributed by atoms with Crippen LogP contribution >= 0.6 is 0 Å². The summed E-state index contributed by atoms with van der Waals surface area (Å²) < 4.78 is 49.7. The van der Waals surface area contributed by atoms with E-state index in [1.165, 1.54) is 30.3 Å². The minimum atomic E-state index is -4.16. The molecular weight excluding hydrogens is 519 g/mol. The molecule has 0 spiro atoms. The van der Waals surface area contributed by atoms with Crippen LogP contribution in [0.2, 0.25) is 0 Å². The number of aryl methyl sites for hydroxylation is 1. The lowest BCUT2D eigenvalue weighted by Crippen LogP contribution is -2.67. The van der Waals surface area contributed by atoms with E-state index >= 15 is 0 Å². The molecule has 5 rings (SSSR count). The van der Waals surface area contributed by atoms with Crippen LogP contribution in [0.5, 0.6) is 0 Å². The topological polar surface area (TPSA) is 140 Å². The van der Waals surface area contributed by atoms with Crippen LogP contribution in [0.15, 0.2) is 75.1 Å². The minimum Gasteiger partial charge on any atom is -0.436 e. The van der Waals surface area contributed by atoms with E-state index in [1.807, 2.05) is 0 Å². The summed E-state index contributed by atoms with van der Waals surface area (Å²) in [4.78, 5) is 38.0. The highest BCUT2D eigenvalue weighted by Gasteiger charge is 2.65. The number of sulfonamides is 1. The van der Waals surface area contributed by atoms with E-state index in [0.29, 0.717) is 0 Å². The van der Waals surface area contributed by atoms with Crippen molar-refractivity contribution in [2.75, 3.05) is 13.1 Å². The Hall–Kier alpha value is -3.81. The Balaban J connectivity index is 1.51.